The Labute approximate surface area is 128 Å². The number of urea groups is 1. The number of rotatable bonds is 3. The molecular formula is C16H21BrN2O. The predicted octanol–water partition coefficient (Wildman–Crippen LogP) is 4.40. The molecule has 2 aliphatic carbocycles. The van der Waals surface area contributed by atoms with Crippen LogP contribution in [0.3, 0.4) is 0 Å². The van der Waals surface area contributed by atoms with Gasteiger partial charge in [-0.25, -0.2) is 4.79 Å². The Bertz CT molecular complexity index is 505. The summed E-state index contributed by atoms with van der Waals surface area (Å²) in [7, 11) is 0. The zero-order valence-corrected chi connectivity index (χ0v) is 13.3. The molecule has 0 heterocycles. The van der Waals surface area contributed by atoms with Crippen LogP contribution in [0.1, 0.15) is 32.6 Å². The van der Waals surface area contributed by atoms with Crippen LogP contribution < -0.4 is 10.6 Å². The maximum atomic E-state index is 12.1. The standard InChI is InChI=1S/C16H21BrN2O/c1-10(13-9-11-6-7-12(13)8-11)18-16(20)19-15-5-3-2-4-14(15)17/h2-5,10-13H,6-9H2,1H3,(H2,18,19,20)/t10-,11-,12-,13-/m1/s1. The molecule has 0 saturated heterocycles. The number of carbonyl (C=O) groups excluding carboxylic acids is 1. The molecule has 2 bridgehead atoms. The van der Waals surface area contributed by atoms with Crippen LogP contribution in [0.25, 0.3) is 0 Å². The van der Waals surface area contributed by atoms with Gasteiger partial charge in [0.15, 0.2) is 0 Å². The third kappa shape index (κ3) is 2.85. The lowest BCUT2D eigenvalue weighted by atomic mass is 9.84. The molecule has 108 valence electrons. The van der Waals surface area contributed by atoms with Gasteiger partial charge in [0, 0.05) is 10.5 Å². The molecule has 2 aliphatic rings. The minimum atomic E-state index is -0.104. The van der Waals surface area contributed by atoms with Crippen LogP contribution in [0, 0.1) is 17.8 Å². The number of para-hydroxylation sites is 1. The predicted molar refractivity (Wildman–Crippen MR) is 84.7 cm³/mol. The zero-order valence-electron chi connectivity index (χ0n) is 11.7. The van der Waals surface area contributed by atoms with Crippen LogP contribution in [0.4, 0.5) is 10.5 Å². The van der Waals surface area contributed by atoms with Gasteiger partial charge in [-0.2, -0.15) is 0 Å². The maximum Gasteiger partial charge on any atom is 0.319 e. The highest BCUT2D eigenvalue weighted by molar-refractivity contribution is 9.10. The Morgan fingerprint density at radius 1 is 1.30 bits per heavy atom. The summed E-state index contributed by atoms with van der Waals surface area (Å²) in [6, 6.07) is 7.82. The summed E-state index contributed by atoms with van der Waals surface area (Å²) >= 11 is 3.44. The smallest absolute Gasteiger partial charge is 0.319 e. The first-order valence-electron chi connectivity index (χ1n) is 7.45. The van der Waals surface area contributed by atoms with Crippen molar-refractivity contribution in [2.75, 3.05) is 5.32 Å². The molecule has 0 aromatic heterocycles. The first-order valence-corrected chi connectivity index (χ1v) is 8.25. The number of nitrogens with one attached hydrogen (secondary N) is 2. The normalized spacial score (nSPS) is 29.2. The van der Waals surface area contributed by atoms with E-state index in [0.29, 0.717) is 5.92 Å². The summed E-state index contributed by atoms with van der Waals surface area (Å²) in [6.45, 7) is 2.14. The molecule has 2 N–H and O–H groups in total. The van der Waals surface area contributed by atoms with E-state index in [4.69, 9.17) is 0 Å². The van der Waals surface area contributed by atoms with Crippen LogP contribution >= 0.6 is 15.9 Å². The van der Waals surface area contributed by atoms with Crippen molar-refractivity contribution in [3.05, 3.63) is 28.7 Å². The number of carbonyl (C=O) groups is 1. The SMILES string of the molecule is C[C@@H](NC(=O)Nc1ccccc1Br)[C@H]1C[C@@H]2CC[C@@H]1C2. The second kappa shape index (κ2) is 5.76. The molecule has 4 atom stereocenters. The highest BCUT2D eigenvalue weighted by Gasteiger charge is 2.42. The lowest BCUT2D eigenvalue weighted by Crippen LogP contribution is -2.42. The molecule has 3 rings (SSSR count). The summed E-state index contributed by atoms with van der Waals surface area (Å²) in [5, 5.41) is 6.02. The summed E-state index contributed by atoms with van der Waals surface area (Å²) < 4.78 is 0.905. The van der Waals surface area contributed by atoms with Crippen molar-refractivity contribution >= 4 is 27.6 Å². The van der Waals surface area contributed by atoms with Gasteiger partial charge >= 0.3 is 6.03 Å². The lowest BCUT2D eigenvalue weighted by Gasteiger charge is -2.28. The molecule has 3 nitrogen and oxygen atoms in total. The van der Waals surface area contributed by atoms with E-state index >= 15 is 0 Å². The van der Waals surface area contributed by atoms with Crippen molar-refractivity contribution < 1.29 is 4.79 Å². The molecule has 4 heteroatoms. The molecule has 2 amide bonds. The van der Waals surface area contributed by atoms with Gasteiger partial charge in [-0.15, -0.1) is 0 Å². The van der Waals surface area contributed by atoms with Gasteiger partial charge in [0.1, 0.15) is 0 Å². The molecule has 2 saturated carbocycles. The highest BCUT2D eigenvalue weighted by atomic mass is 79.9. The fraction of sp³-hybridized carbons (Fsp3) is 0.562. The Balaban J connectivity index is 1.55. The first kappa shape index (κ1) is 13.9. The number of fused-ring (bicyclic) bond motifs is 2. The first-order chi connectivity index (χ1) is 9.63. The fourth-order valence-corrected chi connectivity index (χ4v) is 4.33. The number of halogens is 1. The average Bonchev–Trinajstić information content (AvgIpc) is 3.03. The van der Waals surface area contributed by atoms with E-state index in [2.05, 4.69) is 33.5 Å². The molecule has 1 aromatic rings. The minimum absolute atomic E-state index is 0.104. The largest absolute Gasteiger partial charge is 0.335 e. The van der Waals surface area contributed by atoms with E-state index in [1.807, 2.05) is 24.3 Å². The van der Waals surface area contributed by atoms with Crippen LogP contribution in [0.5, 0.6) is 0 Å². The summed E-state index contributed by atoms with van der Waals surface area (Å²) in [5.74, 6) is 2.41. The van der Waals surface area contributed by atoms with Crippen LogP contribution in [0.2, 0.25) is 0 Å². The zero-order chi connectivity index (χ0) is 14.1. The maximum absolute atomic E-state index is 12.1. The summed E-state index contributed by atoms with van der Waals surface area (Å²) in [4.78, 5) is 12.1. The van der Waals surface area contributed by atoms with Gasteiger partial charge in [0.05, 0.1) is 5.69 Å². The van der Waals surface area contributed by atoms with Crippen molar-refractivity contribution in [1.82, 2.24) is 5.32 Å². The van der Waals surface area contributed by atoms with Crippen molar-refractivity contribution in [2.24, 2.45) is 17.8 Å². The lowest BCUT2D eigenvalue weighted by molar-refractivity contribution is 0.230. The van der Waals surface area contributed by atoms with Crippen molar-refractivity contribution in [3.8, 4) is 0 Å². The second-order valence-corrected chi connectivity index (χ2v) is 7.06. The molecule has 0 aliphatic heterocycles. The Kier molecular flexibility index (Phi) is 4.01. The number of anilines is 1. The van der Waals surface area contributed by atoms with E-state index < -0.39 is 0 Å². The molecule has 0 spiro atoms. The van der Waals surface area contributed by atoms with E-state index in [9.17, 15) is 4.79 Å². The highest BCUT2D eigenvalue weighted by Crippen LogP contribution is 2.49. The van der Waals surface area contributed by atoms with Crippen LogP contribution in [-0.2, 0) is 0 Å². The summed E-state index contributed by atoms with van der Waals surface area (Å²) in [6.07, 6.45) is 5.42. The molecule has 1 aromatic carbocycles. The van der Waals surface area contributed by atoms with E-state index in [-0.39, 0.29) is 12.1 Å². The van der Waals surface area contributed by atoms with Gasteiger partial charge in [0.25, 0.3) is 0 Å². The van der Waals surface area contributed by atoms with Gasteiger partial charge < -0.3 is 10.6 Å². The molecule has 20 heavy (non-hydrogen) atoms. The molecule has 0 radical (unpaired) electrons. The third-order valence-electron chi connectivity index (χ3n) is 4.92. The average molecular weight is 337 g/mol. The third-order valence-corrected chi connectivity index (χ3v) is 5.61. The van der Waals surface area contributed by atoms with E-state index in [1.165, 1.54) is 25.7 Å². The molecule has 0 unspecified atom stereocenters. The Morgan fingerprint density at radius 3 is 2.75 bits per heavy atom. The van der Waals surface area contributed by atoms with Crippen LogP contribution in [-0.4, -0.2) is 12.1 Å². The Hall–Kier alpha value is -1.03. The second-order valence-electron chi connectivity index (χ2n) is 6.21. The van der Waals surface area contributed by atoms with E-state index in [0.717, 1.165) is 22.0 Å². The molecule has 2 fully saturated rings. The summed E-state index contributed by atoms with van der Waals surface area (Å²) in [5.41, 5.74) is 0.810. The minimum Gasteiger partial charge on any atom is -0.335 e. The van der Waals surface area contributed by atoms with Gasteiger partial charge in [-0.05, 0) is 72.0 Å². The quantitative estimate of drug-likeness (QED) is 0.844. The fourth-order valence-electron chi connectivity index (χ4n) is 3.94. The van der Waals surface area contributed by atoms with Crippen molar-refractivity contribution in [2.45, 2.75) is 38.6 Å². The number of benzene rings is 1. The van der Waals surface area contributed by atoms with Gasteiger partial charge in [0.2, 0.25) is 0 Å². The van der Waals surface area contributed by atoms with Gasteiger partial charge in [-0.1, -0.05) is 18.6 Å². The van der Waals surface area contributed by atoms with E-state index in [1.54, 1.807) is 0 Å². The number of hydrogen-bond donors (Lipinski definition) is 2. The number of amides is 2. The van der Waals surface area contributed by atoms with Gasteiger partial charge in [-0.3, -0.25) is 0 Å². The topological polar surface area (TPSA) is 41.1 Å². The van der Waals surface area contributed by atoms with Crippen LogP contribution in [0.15, 0.2) is 28.7 Å². The monoisotopic (exact) mass is 336 g/mol. The number of hydrogen-bond acceptors (Lipinski definition) is 1. The molecular weight excluding hydrogens is 316 g/mol. The van der Waals surface area contributed by atoms with Crippen molar-refractivity contribution in [1.29, 1.82) is 0 Å². The van der Waals surface area contributed by atoms with Crippen molar-refractivity contribution in [3.63, 3.8) is 0 Å². The Morgan fingerprint density at radius 2 is 2.10 bits per heavy atom.